The van der Waals surface area contributed by atoms with Crippen LogP contribution in [0.2, 0.25) is 0 Å². The van der Waals surface area contributed by atoms with E-state index >= 15 is 0 Å². The molecular weight excluding hydrogens is 176 g/mol. The standard InChI is InChI=1S/C2H6O3S2.Ca.2H/c3-7(4,5)2-1-6;;;/h6H,1-2H2,(H,3,4,5);;;/q;+2;2*-1. The van der Waals surface area contributed by atoms with Crippen LogP contribution in [-0.4, -0.2) is 62.2 Å². The molecule has 0 rings (SSSR count). The summed E-state index contributed by atoms with van der Waals surface area (Å²) in [6, 6.07) is 0. The maximum Gasteiger partial charge on any atom is 2.00 e. The van der Waals surface area contributed by atoms with Crippen LogP contribution in [-0.2, 0) is 10.1 Å². The summed E-state index contributed by atoms with van der Waals surface area (Å²) in [6.07, 6.45) is 0. The van der Waals surface area contributed by atoms with Gasteiger partial charge in [0.2, 0.25) is 0 Å². The Labute approximate surface area is 87.0 Å². The molecule has 48 valence electrons. The fourth-order valence-corrected chi connectivity index (χ4v) is 1.04. The molecule has 0 aliphatic carbocycles. The van der Waals surface area contributed by atoms with E-state index in [9.17, 15) is 8.42 Å². The Bertz CT molecular complexity index is 135. The number of hydrogen-bond donors (Lipinski definition) is 2. The van der Waals surface area contributed by atoms with E-state index in [1.807, 2.05) is 0 Å². The zero-order chi connectivity index (χ0) is 5.91. The second-order valence-electron chi connectivity index (χ2n) is 1.01. The molecule has 0 fully saturated rings. The number of hydrogen-bond acceptors (Lipinski definition) is 3. The van der Waals surface area contributed by atoms with Crippen molar-refractivity contribution in [3.05, 3.63) is 0 Å². The van der Waals surface area contributed by atoms with Gasteiger partial charge in [0.05, 0.1) is 5.75 Å². The van der Waals surface area contributed by atoms with Crippen LogP contribution in [0.25, 0.3) is 0 Å². The average Bonchev–Trinajstić information content (AvgIpc) is 1.30. The summed E-state index contributed by atoms with van der Waals surface area (Å²) in [4.78, 5) is 0. The van der Waals surface area contributed by atoms with E-state index in [2.05, 4.69) is 12.6 Å². The average molecular weight is 184 g/mol. The van der Waals surface area contributed by atoms with Crippen LogP contribution in [0.15, 0.2) is 0 Å². The van der Waals surface area contributed by atoms with Gasteiger partial charge in [0, 0.05) is 5.75 Å². The Balaban J connectivity index is -0.0000000600. The molecule has 0 unspecified atom stereocenters. The third kappa shape index (κ3) is 10.5. The molecule has 0 amide bonds. The predicted molar refractivity (Wildman–Crippen MR) is 38.2 cm³/mol. The van der Waals surface area contributed by atoms with Gasteiger partial charge in [-0.2, -0.15) is 21.0 Å². The molecule has 0 aliphatic rings. The minimum atomic E-state index is -3.75. The van der Waals surface area contributed by atoms with Crippen molar-refractivity contribution in [1.82, 2.24) is 0 Å². The fourth-order valence-electron chi connectivity index (χ4n) is 0.115. The van der Waals surface area contributed by atoms with Gasteiger partial charge in [-0.1, -0.05) is 0 Å². The SMILES string of the molecule is O=S(=O)(O)CCS.[Ca+2].[H-].[H-]. The summed E-state index contributed by atoms with van der Waals surface area (Å²) in [5.74, 6) is -0.102. The van der Waals surface area contributed by atoms with Crippen molar-refractivity contribution in [2.75, 3.05) is 11.5 Å². The monoisotopic (exact) mass is 184 g/mol. The summed E-state index contributed by atoms with van der Waals surface area (Å²) < 4.78 is 27.4. The van der Waals surface area contributed by atoms with E-state index in [1.165, 1.54) is 0 Å². The minimum absolute atomic E-state index is 0. The van der Waals surface area contributed by atoms with Gasteiger partial charge in [0.1, 0.15) is 0 Å². The van der Waals surface area contributed by atoms with Gasteiger partial charge in [-0.3, -0.25) is 4.55 Å². The van der Waals surface area contributed by atoms with E-state index in [1.54, 1.807) is 0 Å². The van der Waals surface area contributed by atoms with Crippen LogP contribution in [0.1, 0.15) is 2.85 Å². The van der Waals surface area contributed by atoms with E-state index in [0.29, 0.717) is 0 Å². The summed E-state index contributed by atoms with van der Waals surface area (Å²) in [5.41, 5.74) is 0. The maximum atomic E-state index is 9.74. The van der Waals surface area contributed by atoms with E-state index < -0.39 is 10.1 Å². The Morgan fingerprint density at radius 3 is 2.00 bits per heavy atom. The molecular formula is C2H8CaO3S2. The smallest absolute Gasteiger partial charge is 1.00 e. The molecule has 1 N–H and O–H groups in total. The van der Waals surface area contributed by atoms with Crippen molar-refractivity contribution >= 4 is 60.5 Å². The van der Waals surface area contributed by atoms with Gasteiger partial charge >= 0.3 is 37.7 Å². The quantitative estimate of drug-likeness (QED) is 0.350. The first-order chi connectivity index (χ1) is 3.06. The zero-order valence-corrected chi connectivity index (χ0v) is 8.16. The van der Waals surface area contributed by atoms with Gasteiger partial charge in [-0.15, -0.1) is 0 Å². The number of rotatable bonds is 2. The van der Waals surface area contributed by atoms with Gasteiger partial charge in [-0.05, 0) is 0 Å². The Hall–Kier alpha value is 1.52. The van der Waals surface area contributed by atoms with Crippen molar-refractivity contribution in [1.29, 1.82) is 0 Å². The summed E-state index contributed by atoms with van der Waals surface area (Å²) in [6.45, 7) is 0. The Morgan fingerprint density at radius 1 is 1.62 bits per heavy atom. The van der Waals surface area contributed by atoms with Crippen molar-refractivity contribution < 1.29 is 15.8 Å². The molecule has 8 heavy (non-hydrogen) atoms. The molecule has 0 radical (unpaired) electrons. The van der Waals surface area contributed by atoms with E-state index in [-0.39, 0.29) is 52.1 Å². The van der Waals surface area contributed by atoms with Crippen LogP contribution >= 0.6 is 12.6 Å². The van der Waals surface area contributed by atoms with Crippen LogP contribution in [0.4, 0.5) is 0 Å². The third-order valence-electron chi connectivity index (χ3n) is 0.349. The molecule has 0 saturated carbocycles. The molecule has 0 atom stereocenters. The van der Waals surface area contributed by atoms with Crippen molar-refractivity contribution in [2.45, 2.75) is 0 Å². The molecule has 6 heteroatoms. The molecule has 0 saturated heterocycles. The predicted octanol–water partition coefficient (Wildman–Crippen LogP) is -0.352. The van der Waals surface area contributed by atoms with Crippen molar-refractivity contribution in [2.24, 2.45) is 0 Å². The van der Waals surface area contributed by atoms with Gasteiger partial charge < -0.3 is 2.85 Å². The Morgan fingerprint density at radius 2 is 2.00 bits per heavy atom. The molecule has 0 bridgehead atoms. The third-order valence-corrected chi connectivity index (χ3v) is 1.60. The first-order valence-corrected chi connectivity index (χ1v) is 3.86. The second kappa shape index (κ2) is 5.32. The number of thiol groups is 1. The van der Waals surface area contributed by atoms with Crippen LogP contribution in [0, 0.1) is 0 Å². The molecule has 0 aromatic carbocycles. The largest absolute Gasteiger partial charge is 2.00 e. The minimum Gasteiger partial charge on any atom is -1.00 e. The summed E-state index contributed by atoms with van der Waals surface area (Å²) in [7, 11) is -3.75. The van der Waals surface area contributed by atoms with Gasteiger partial charge in [0.25, 0.3) is 10.1 Å². The molecule has 0 spiro atoms. The topological polar surface area (TPSA) is 54.4 Å². The zero-order valence-electron chi connectivity index (χ0n) is 6.24. The molecule has 3 nitrogen and oxygen atoms in total. The first-order valence-electron chi connectivity index (χ1n) is 1.62. The molecule has 0 aromatic heterocycles. The maximum absolute atomic E-state index is 9.74. The fraction of sp³-hybridized carbons (Fsp3) is 1.00. The van der Waals surface area contributed by atoms with Crippen LogP contribution in [0.3, 0.4) is 0 Å². The van der Waals surface area contributed by atoms with Gasteiger partial charge in [0.15, 0.2) is 0 Å². The van der Waals surface area contributed by atoms with E-state index in [0.717, 1.165) is 0 Å². The molecule has 0 aromatic rings. The normalized spacial score (nSPS) is 10.2. The van der Waals surface area contributed by atoms with Crippen molar-refractivity contribution in [3.8, 4) is 0 Å². The van der Waals surface area contributed by atoms with Crippen molar-refractivity contribution in [3.63, 3.8) is 0 Å². The van der Waals surface area contributed by atoms with Gasteiger partial charge in [-0.25, -0.2) is 0 Å². The second-order valence-corrected chi connectivity index (χ2v) is 3.03. The van der Waals surface area contributed by atoms with E-state index in [4.69, 9.17) is 4.55 Å². The Kier molecular flexibility index (Phi) is 8.12. The molecule has 0 heterocycles. The first kappa shape index (κ1) is 12.2. The summed E-state index contributed by atoms with van der Waals surface area (Å²) in [5, 5.41) is 0. The summed E-state index contributed by atoms with van der Waals surface area (Å²) >= 11 is 3.57. The molecule has 0 aliphatic heterocycles. The van der Waals surface area contributed by atoms with Crippen LogP contribution < -0.4 is 0 Å². The van der Waals surface area contributed by atoms with Crippen LogP contribution in [0.5, 0.6) is 0 Å².